The summed E-state index contributed by atoms with van der Waals surface area (Å²) >= 11 is 5.94. The SMILES string of the molecule is Cc1ccc(Cl)cc1NC(=O)C(=O)NCCCN1CCOC(c2ccccc2)C1. The number of nitrogens with zero attached hydrogens (tertiary/aromatic N) is 1. The number of aryl methyl sites for hydroxylation is 1. The lowest BCUT2D eigenvalue weighted by molar-refractivity contribution is -0.136. The first kappa shape index (κ1) is 21.3. The summed E-state index contributed by atoms with van der Waals surface area (Å²) in [6.45, 7) is 5.50. The molecule has 1 fully saturated rings. The Bertz CT molecular complexity index is 844. The molecule has 0 radical (unpaired) electrons. The maximum Gasteiger partial charge on any atom is 0.313 e. The van der Waals surface area contributed by atoms with E-state index in [0.717, 1.165) is 31.6 Å². The summed E-state index contributed by atoms with van der Waals surface area (Å²) < 4.78 is 5.87. The molecular formula is C22H26ClN3O3. The molecule has 0 aliphatic carbocycles. The first-order valence-corrected chi connectivity index (χ1v) is 10.1. The molecule has 3 rings (SSSR count). The van der Waals surface area contributed by atoms with Gasteiger partial charge >= 0.3 is 11.8 Å². The Morgan fingerprint density at radius 3 is 2.76 bits per heavy atom. The molecule has 2 N–H and O–H groups in total. The van der Waals surface area contributed by atoms with Crippen molar-refractivity contribution in [3.8, 4) is 0 Å². The number of benzene rings is 2. The van der Waals surface area contributed by atoms with Crippen molar-refractivity contribution in [1.29, 1.82) is 0 Å². The predicted octanol–water partition coefficient (Wildman–Crippen LogP) is 3.17. The Kier molecular flexibility index (Phi) is 7.63. The molecule has 1 unspecified atom stereocenters. The lowest BCUT2D eigenvalue weighted by Crippen LogP contribution is -2.41. The monoisotopic (exact) mass is 415 g/mol. The van der Waals surface area contributed by atoms with Crippen molar-refractivity contribution < 1.29 is 14.3 Å². The zero-order valence-corrected chi connectivity index (χ0v) is 17.2. The molecule has 6 nitrogen and oxygen atoms in total. The van der Waals surface area contributed by atoms with E-state index < -0.39 is 11.8 Å². The zero-order valence-electron chi connectivity index (χ0n) is 16.5. The third-order valence-corrected chi connectivity index (χ3v) is 5.15. The van der Waals surface area contributed by atoms with Crippen molar-refractivity contribution in [2.24, 2.45) is 0 Å². The van der Waals surface area contributed by atoms with Gasteiger partial charge in [0.1, 0.15) is 0 Å². The highest BCUT2D eigenvalue weighted by Gasteiger charge is 2.21. The van der Waals surface area contributed by atoms with Crippen molar-refractivity contribution in [2.75, 3.05) is 38.1 Å². The fraction of sp³-hybridized carbons (Fsp3) is 0.364. The number of ether oxygens (including phenoxy) is 1. The normalized spacial score (nSPS) is 17.0. The van der Waals surface area contributed by atoms with Crippen molar-refractivity contribution in [1.82, 2.24) is 10.2 Å². The van der Waals surface area contributed by atoms with E-state index in [0.29, 0.717) is 23.9 Å². The van der Waals surface area contributed by atoms with Gasteiger partial charge in [-0.05, 0) is 36.6 Å². The van der Waals surface area contributed by atoms with Gasteiger partial charge in [-0.2, -0.15) is 0 Å². The minimum absolute atomic E-state index is 0.0752. The smallest absolute Gasteiger partial charge is 0.313 e. The van der Waals surface area contributed by atoms with E-state index in [-0.39, 0.29) is 6.10 Å². The van der Waals surface area contributed by atoms with Crippen LogP contribution >= 0.6 is 11.6 Å². The van der Waals surface area contributed by atoms with Crippen LogP contribution in [0.4, 0.5) is 5.69 Å². The topological polar surface area (TPSA) is 70.7 Å². The third-order valence-electron chi connectivity index (χ3n) is 4.91. The molecule has 2 aromatic rings. The standard InChI is InChI=1S/C22H26ClN3O3/c1-16-8-9-18(23)14-19(16)25-22(28)21(27)24-10-5-11-26-12-13-29-20(15-26)17-6-3-2-4-7-17/h2-4,6-9,14,20H,5,10-13,15H2,1H3,(H,24,27)(H,25,28). The van der Waals surface area contributed by atoms with Crippen molar-refractivity contribution in [3.63, 3.8) is 0 Å². The first-order valence-electron chi connectivity index (χ1n) is 9.77. The number of nitrogens with one attached hydrogen (secondary N) is 2. The number of anilines is 1. The lowest BCUT2D eigenvalue weighted by Gasteiger charge is -2.33. The van der Waals surface area contributed by atoms with Crippen LogP contribution in [0, 0.1) is 6.92 Å². The quantitative estimate of drug-likeness (QED) is 0.561. The first-order chi connectivity index (χ1) is 14.0. The Labute approximate surface area is 176 Å². The van der Waals surface area contributed by atoms with Gasteiger partial charge in [0.05, 0.1) is 12.7 Å². The predicted molar refractivity (Wildman–Crippen MR) is 114 cm³/mol. The number of rotatable bonds is 6. The average molecular weight is 416 g/mol. The lowest BCUT2D eigenvalue weighted by atomic mass is 10.1. The maximum absolute atomic E-state index is 12.1. The Balaban J connectivity index is 1.39. The molecule has 0 bridgehead atoms. The summed E-state index contributed by atoms with van der Waals surface area (Å²) in [5.74, 6) is -1.33. The van der Waals surface area contributed by atoms with Crippen LogP contribution in [-0.4, -0.2) is 49.5 Å². The summed E-state index contributed by atoms with van der Waals surface area (Å²) in [5.41, 5.74) is 2.56. The fourth-order valence-corrected chi connectivity index (χ4v) is 3.44. The summed E-state index contributed by atoms with van der Waals surface area (Å²) in [7, 11) is 0. The molecule has 1 aliphatic heterocycles. The second-order valence-corrected chi connectivity index (χ2v) is 7.53. The van der Waals surface area contributed by atoms with Crippen molar-refractivity contribution in [3.05, 3.63) is 64.7 Å². The number of carbonyl (C=O) groups is 2. The van der Waals surface area contributed by atoms with E-state index in [1.165, 1.54) is 5.56 Å². The highest BCUT2D eigenvalue weighted by atomic mass is 35.5. The Morgan fingerprint density at radius 1 is 1.17 bits per heavy atom. The number of amides is 2. The van der Waals surface area contributed by atoms with Crippen LogP contribution in [0.5, 0.6) is 0 Å². The maximum atomic E-state index is 12.1. The molecule has 1 saturated heterocycles. The molecule has 2 aromatic carbocycles. The van der Waals surface area contributed by atoms with Gasteiger partial charge in [-0.3, -0.25) is 14.5 Å². The van der Waals surface area contributed by atoms with Gasteiger partial charge in [0.2, 0.25) is 0 Å². The Hall–Kier alpha value is -2.41. The van der Waals surface area contributed by atoms with Crippen LogP contribution in [0.15, 0.2) is 48.5 Å². The third kappa shape index (κ3) is 6.29. The van der Waals surface area contributed by atoms with Crippen molar-refractivity contribution >= 4 is 29.1 Å². The van der Waals surface area contributed by atoms with E-state index >= 15 is 0 Å². The van der Waals surface area contributed by atoms with Gasteiger partial charge in [-0.1, -0.05) is 48.0 Å². The minimum atomic E-state index is -0.689. The second kappa shape index (κ2) is 10.4. The highest BCUT2D eigenvalue weighted by Crippen LogP contribution is 2.22. The molecule has 1 aliphatic rings. The van der Waals surface area contributed by atoms with E-state index in [2.05, 4.69) is 27.7 Å². The van der Waals surface area contributed by atoms with E-state index in [4.69, 9.17) is 16.3 Å². The molecule has 0 aromatic heterocycles. The van der Waals surface area contributed by atoms with E-state index in [1.807, 2.05) is 25.1 Å². The largest absolute Gasteiger partial charge is 0.371 e. The average Bonchev–Trinajstić information content (AvgIpc) is 2.74. The van der Waals surface area contributed by atoms with Gasteiger partial charge in [0.25, 0.3) is 0 Å². The molecule has 0 saturated carbocycles. The van der Waals surface area contributed by atoms with Crippen LogP contribution in [0.2, 0.25) is 5.02 Å². The van der Waals surface area contributed by atoms with E-state index in [1.54, 1.807) is 18.2 Å². The summed E-state index contributed by atoms with van der Waals surface area (Å²) in [4.78, 5) is 26.4. The molecule has 7 heteroatoms. The molecule has 29 heavy (non-hydrogen) atoms. The second-order valence-electron chi connectivity index (χ2n) is 7.09. The number of halogens is 1. The number of morpholine rings is 1. The molecular weight excluding hydrogens is 390 g/mol. The zero-order chi connectivity index (χ0) is 20.6. The van der Waals surface area contributed by atoms with Gasteiger partial charge in [-0.25, -0.2) is 0 Å². The van der Waals surface area contributed by atoms with Crippen LogP contribution in [0.1, 0.15) is 23.7 Å². The summed E-state index contributed by atoms with van der Waals surface area (Å²) in [6.07, 6.45) is 0.836. The number of hydrogen-bond acceptors (Lipinski definition) is 4. The van der Waals surface area contributed by atoms with Crippen LogP contribution < -0.4 is 10.6 Å². The van der Waals surface area contributed by atoms with Gasteiger partial charge < -0.3 is 15.4 Å². The molecule has 0 spiro atoms. The van der Waals surface area contributed by atoms with Gasteiger partial charge in [-0.15, -0.1) is 0 Å². The van der Waals surface area contributed by atoms with Crippen LogP contribution in [0.3, 0.4) is 0 Å². The highest BCUT2D eigenvalue weighted by molar-refractivity contribution is 6.40. The molecule has 154 valence electrons. The number of carbonyl (C=O) groups excluding carboxylic acids is 2. The summed E-state index contributed by atoms with van der Waals surface area (Å²) in [5, 5.41) is 5.79. The van der Waals surface area contributed by atoms with Crippen molar-refractivity contribution in [2.45, 2.75) is 19.4 Å². The molecule has 2 amide bonds. The molecule has 1 heterocycles. The van der Waals surface area contributed by atoms with Gasteiger partial charge in [0.15, 0.2) is 0 Å². The van der Waals surface area contributed by atoms with Crippen LogP contribution in [0.25, 0.3) is 0 Å². The Morgan fingerprint density at radius 2 is 1.97 bits per heavy atom. The van der Waals surface area contributed by atoms with Crippen LogP contribution in [-0.2, 0) is 14.3 Å². The minimum Gasteiger partial charge on any atom is -0.371 e. The van der Waals surface area contributed by atoms with Gasteiger partial charge in [0, 0.05) is 36.9 Å². The fourth-order valence-electron chi connectivity index (χ4n) is 3.27. The van der Waals surface area contributed by atoms with E-state index in [9.17, 15) is 9.59 Å². The molecule has 1 atom stereocenters. The summed E-state index contributed by atoms with van der Waals surface area (Å²) in [6, 6.07) is 15.3. The number of hydrogen-bond donors (Lipinski definition) is 2.